The molecule has 1 unspecified atom stereocenters. The summed E-state index contributed by atoms with van der Waals surface area (Å²) >= 11 is 0. The molecule has 0 saturated carbocycles. The second kappa shape index (κ2) is 5.92. The lowest BCUT2D eigenvalue weighted by Gasteiger charge is -2.15. The van der Waals surface area contributed by atoms with Crippen molar-refractivity contribution in [3.05, 3.63) is 83.9 Å². The first-order chi connectivity index (χ1) is 10.3. The molecule has 0 amide bonds. The Balaban J connectivity index is 2.07. The minimum Gasteiger partial charge on any atom is -0.293 e. The molecule has 0 N–H and O–H groups in total. The summed E-state index contributed by atoms with van der Waals surface area (Å²) < 4.78 is 0. The highest BCUT2D eigenvalue weighted by Gasteiger charge is 2.21. The summed E-state index contributed by atoms with van der Waals surface area (Å²) in [5.74, 6) is 0.137. The molecule has 3 aromatic rings. The van der Waals surface area contributed by atoms with E-state index in [0.29, 0.717) is 0 Å². The summed E-state index contributed by atoms with van der Waals surface area (Å²) in [6.45, 7) is 2.07. The number of ketones is 1. The van der Waals surface area contributed by atoms with Crippen molar-refractivity contribution in [2.75, 3.05) is 0 Å². The number of hydrogen-bond donors (Lipinski definition) is 0. The van der Waals surface area contributed by atoms with Crippen molar-refractivity contribution < 1.29 is 4.79 Å². The zero-order valence-electron chi connectivity index (χ0n) is 12.1. The Morgan fingerprint density at radius 2 is 1.52 bits per heavy atom. The monoisotopic (exact) mass is 274 g/mol. The molecule has 0 fully saturated rings. The van der Waals surface area contributed by atoms with Crippen molar-refractivity contribution in [3.63, 3.8) is 0 Å². The van der Waals surface area contributed by atoms with Crippen LogP contribution in [-0.4, -0.2) is 5.78 Å². The third-order valence-electron chi connectivity index (χ3n) is 3.98. The number of fused-ring (bicyclic) bond motifs is 1. The third-order valence-corrected chi connectivity index (χ3v) is 3.98. The molecular formula is C20H18O. The van der Waals surface area contributed by atoms with Gasteiger partial charge in [-0.2, -0.15) is 0 Å². The van der Waals surface area contributed by atoms with E-state index >= 15 is 0 Å². The topological polar surface area (TPSA) is 17.1 Å². The molecule has 0 saturated heterocycles. The molecule has 0 aliphatic heterocycles. The molecule has 0 heterocycles. The Kier molecular flexibility index (Phi) is 3.83. The van der Waals surface area contributed by atoms with Crippen LogP contribution >= 0.6 is 0 Å². The fourth-order valence-electron chi connectivity index (χ4n) is 2.89. The maximum Gasteiger partial charge on any atom is 0.170 e. The first kappa shape index (κ1) is 13.6. The van der Waals surface area contributed by atoms with Crippen LogP contribution in [0.2, 0.25) is 0 Å². The van der Waals surface area contributed by atoms with Gasteiger partial charge >= 0.3 is 0 Å². The fourth-order valence-corrected chi connectivity index (χ4v) is 2.89. The van der Waals surface area contributed by atoms with E-state index in [1.54, 1.807) is 0 Å². The van der Waals surface area contributed by atoms with Crippen molar-refractivity contribution >= 4 is 16.6 Å². The molecule has 0 aliphatic rings. The van der Waals surface area contributed by atoms with Gasteiger partial charge in [-0.3, -0.25) is 4.79 Å². The number of benzene rings is 3. The van der Waals surface area contributed by atoms with Crippen LogP contribution in [0.3, 0.4) is 0 Å². The molecule has 0 aliphatic carbocycles. The number of hydrogen-bond acceptors (Lipinski definition) is 1. The number of Topliss-reactive ketones (excluding diaryl/α,β-unsaturated/α-hetero) is 1. The first-order valence-corrected chi connectivity index (χ1v) is 7.38. The van der Waals surface area contributed by atoms with E-state index in [1.807, 2.05) is 60.7 Å². The minimum atomic E-state index is -0.0722. The maximum absolute atomic E-state index is 13.0. The maximum atomic E-state index is 13.0. The van der Waals surface area contributed by atoms with Crippen molar-refractivity contribution in [2.24, 2.45) is 0 Å². The van der Waals surface area contributed by atoms with Crippen LogP contribution in [0.25, 0.3) is 10.8 Å². The van der Waals surface area contributed by atoms with Crippen molar-refractivity contribution in [1.82, 2.24) is 0 Å². The molecule has 1 atom stereocenters. The molecular weight excluding hydrogens is 256 g/mol. The Morgan fingerprint density at radius 1 is 0.857 bits per heavy atom. The summed E-state index contributed by atoms with van der Waals surface area (Å²) in [6.07, 6.45) is 0.812. The number of carbonyl (C=O) groups is 1. The van der Waals surface area contributed by atoms with Crippen molar-refractivity contribution in [3.8, 4) is 0 Å². The minimum absolute atomic E-state index is 0.0722. The Morgan fingerprint density at radius 3 is 2.29 bits per heavy atom. The van der Waals surface area contributed by atoms with Gasteiger partial charge in [-0.05, 0) is 22.8 Å². The highest BCUT2D eigenvalue weighted by molar-refractivity contribution is 6.10. The molecule has 21 heavy (non-hydrogen) atoms. The Labute approximate surface area is 125 Å². The van der Waals surface area contributed by atoms with Crippen LogP contribution in [0.4, 0.5) is 0 Å². The van der Waals surface area contributed by atoms with Gasteiger partial charge in [0.25, 0.3) is 0 Å². The molecule has 0 radical (unpaired) electrons. The van der Waals surface area contributed by atoms with E-state index in [1.165, 1.54) is 0 Å². The van der Waals surface area contributed by atoms with E-state index in [-0.39, 0.29) is 11.7 Å². The SMILES string of the molecule is CCC(C(=O)c1cccc2ccccc12)c1ccccc1. The summed E-state index contributed by atoms with van der Waals surface area (Å²) in [6, 6.07) is 24.1. The average Bonchev–Trinajstić information content (AvgIpc) is 2.56. The van der Waals surface area contributed by atoms with E-state index in [0.717, 1.165) is 28.3 Å². The predicted molar refractivity (Wildman–Crippen MR) is 87.8 cm³/mol. The Hall–Kier alpha value is -2.41. The quantitative estimate of drug-likeness (QED) is 0.596. The number of rotatable bonds is 4. The smallest absolute Gasteiger partial charge is 0.170 e. The standard InChI is InChI=1S/C20H18O/c1-2-17(15-9-4-3-5-10-15)20(21)19-14-8-12-16-11-6-7-13-18(16)19/h3-14,17H,2H2,1H3. The lowest BCUT2D eigenvalue weighted by atomic mass is 9.87. The van der Waals surface area contributed by atoms with Gasteiger partial charge in [0, 0.05) is 11.5 Å². The van der Waals surface area contributed by atoms with Crippen LogP contribution in [0.15, 0.2) is 72.8 Å². The second-order valence-corrected chi connectivity index (χ2v) is 5.26. The van der Waals surface area contributed by atoms with Gasteiger partial charge in [0.1, 0.15) is 0 Å². The summed E-state index contributed by atoms with van der Waals surface area (Å²) in [4.78, 5) is 13.0. The second-order valence-electron chi connectivity index (χ2n) is 5.26. The zero-order chi connectivity index (χ0) is 14.7. The molecule has 3 rings (SSSR count). The van der Waals surface area contributed by atoms with Crippen LogP contribution < -0.4 is 0 Å². The van der Waals surface area contributed by atoms with Crippen LogP contribution in [0.1, 0.15) is 35.2 Å². The van der Waals surface area contributed by atoms with Crippen LogP contribution in [-0.2, 0) is 0 Å². The van der Waals surface area contributed by atoms with Crippen LogP contribution in [0, 0.1) is 0 Å². The fraction of sp³-hybridized carbons (Fsp3) is 0.150. The van der Waals surface area contributed by atoms with Crippen molar-refractivity contribution in [2.45, 2.75) is 19.3 Å². The van der Waals surface area contributed by atoms with Gasteiger partial charge in [-0.1, -0.05) is 79.7 Å². The van der Waals surface area contributed by atoms with Gasteiger partial charge in [0.15, 0.2) is 5.78 Å². The normalized spacial score (nSPS) is 12.2. The van der Waals surface area contributed by atoms with E-state index in [9.17, 15) is 4.79 Å². The highest BCUT2D eigenvalue weighted by atomic mass is 16.1. The molecule has 104 valence electrons. The summed E-state index contributed by atoms with van der Waals surface area (Å²) in [7, 11) is 0. The molecule has 3 aromatic carbocycles. The van der Waals surface area contributed by atoms with Crippen LogP contribution in [0.5, 0.6) is 0 Å². The molecule has 1 heteroatoms. The highest BCUT2D eigenvalue weighted by Crippen LogP contribution is 2.28. The van der Waals surface area contributed by atoms with Gasteiger partial charge < -0.3 is 0 Å². The average molecular weight is 274 g/mol. The summed E-state index contributed by atoms with van der Waals surface area (Å²) in [5, 5.41) is 2.16. The van der Waals surface area contributed by atoms with Gasteiger partial charge in [-0.15, -0.1) is 0 Å². The van der Waals surface area contributed by atoms with Gasteiger partial charge in [0.2, 0.25) is 0 Å². The Bertz CT molecular complexity index is 754. The summed E-state index contributed by atoms with van der Waals surface area (Å²) in [5.41, 5.74) is 1.92. The molecule has 0 bridgehead atoms. The molecule has 0 spiro atoms. The lowest BCUT2D eigenvalue weighted by molar-refractivity contribution is 0.0959. The van der Waals surface area contributed by atoms with E-state index in [4.69, 9.17) is 0 Å². The predicted octanol–water partition coefficient (Wildman–Crippen LogP) is 5.22. The van der Waals surface area contributed by atoms with Gasteiger partial charge in [0.05, 0.1) is 0 Å². The molecule has 1 nitrogen and oxygen atoms in total. The molecule has 0 aromatic heterocycles. The third kappa shape index (κ3) is 2.59. The van der Waals surface area contributed by atoms with Gasteiger partial charge in [-0.25, -0.2) is 0 Å². The first-order valence-electron chi connectivity index (χ1n) is 7.38. The van der Waals surface area contributed by atoms with Crippen molar-refractivity contribution in [1.29, 1.82) is 0 Å². The largest absolute Gasteiger partial charge is 0.293 e. The van der Waals surface area contributed by atoms with E-state index in [2.05, 4.69) is 19.1 Å². The zero-order valence-corrected chi connectivity index (χ0v) is 12.1. The number of carbonyl (C=O) groups excluding carboxylic acids is 1. The lowest BCUT2D eigenvalue weighted by Crippen LogP contribution is -2.12. The van der Waals surface area contributed by atoms with E-state index < -0.39 is 0 Å².